The van der Waals surface area contributed by atoms with Crippen LogP contribution in [0.4, 0.5) is 0 Å². The number of hydrogen-bond donors (Lipinski definition) is 0. The number of carbonyl (C=O) groups excluding carboxylic acids is 1. The summed E-state index contributed by atoms with van der Waals surface area (Å²) in [5, 5.41) is 2.00. The molecule has 2 heterocycles. The van der Waals surface area contributed by atoms with E-state index < -0.39 is 0 Å². The highest BCUT2D eigenvalue weighted by molar-refractivity contribution is 7.09. The monoisotopic (exact) mass is 387 g/mol. The molecule has 0 spiro atoms. The number of methoxy groups -OCH3 is 3. The van der Waals surface area contributed by atoms with E-state index in [1.54, 1.807) is 40.9 Å². The topological polar surface area (TPSA) is 61.1 Å². The van der Waals surface area contributed by atoms with Gasteiger partial charge in [-0.2, -0.15) is 0 Å². The van der Waals surface area contributed by atoms with Crippen LogP contribution < -0.4 is 14.2 Å². The van der Waals surface area contributed by atoms with Gasteiger partial charge in [-0.15, -0.1) is 11.3 Å². The Morgan fingerprint density at radius 1 is 1.07 bits per heavy atom. The second-order valence-electron chi connectivity index (χ2n) is 5.79. The van der Waals surface area contributed by atoms with Gasteiger partial charge in [-0.25, -0.2) is 0 Å². The Kier molecular flexibility index (Phi) is 6.03. The highest BCUT2D eigenvalue weighted by Gasteiger charge is 2.22. The van der Waals surface area contributed by atoms with Gasteiger partial charge in [0.1, 0.15) is 0 Å². The van der Waals surface area contributed by atoms with Crippen LogP contribution in [0.3, 0.4) is 0 Å². The molecule has 142 valence electrons. The highest BCUT2D eigenvalue weighted by atomic mass is 32.1. The number of hydrogen-bond acceptors (Lipinski definition) is 6. The molecule has 3 rings (SSSR count). The Labute approximate surface area is 161 Å². The lowest BCUT2D eigenvalue weighted by Gasteiger charge is -2.23. The Balaban J connectivity index is 1.95. The van der Waals surface area contributed by atoms with E-state index in [4.69, 9.17) is 18.6 Å². The zero-order chi connectivity index (χ0) is 19.2. The number of rotatable bonds is 8. The van der Waals surface area contributed by atoms with E-state index >= 15 is 0 Å². The first-order valence-electron chi connectivity index (χ1n) is 8.29. The normalized spacial score (nSPS) is 10.5. The fourth-order valence-corrected chi connectivity index (χ4v) is 3.50. The summed E-state index contributed by atoms with van der Waals surface area (Å²) >= 11 is 1.61. The van der Waals surface area contributed by atoms with Gasteiger partial charge in [0.15, 0.2) is 11.5 Å². The third kappa shape index (κ3) is 4.25. The lowest BCUT2D eigenvalue weighted by molar-refractivity contribution is 0.0730. The van der Waals surface area contributed by atoms with Crippen LogP contribution in [0.25, 0.3) is 0 Å². The third-order valence-corrected chi connectivity index (χ3v) is 4.94. The van der Waals surface area contributed by atoms with Crippen molar-refractivity contribution < 1.29 is 23.4 Å². The number of thiophene rings is 1. The van der Waals surface area contributed by atoms with Crippen LogP contribution in [0.1, 0.15) is 20.8 Å². The second kappa shape index (κ2) is 8.64. The van der Waals surface area contributed by atoms with Crippen molar-refractivity contribution in [2.24, 2.45) is 0 Å². The van der Waals surface area contributed by atoms with Crippen molar-refractivity contribution in [3.05, 3.63) is 64.2 Å². The van der Waals surface area contributed by atoms with Crippen LogP contribution >= 0.6 is 11.3 Å². The Hall–Kier alpha value is -2.93. The molecule has 0 saturated heterocycles. The summed E-state index contributed by atoms with van der Waals surface area (Å²) in [6, 6.07) is 9.17. The average molecular weight is 387 g/mol. The fraction of sp³-hybridized carbons (Fsp3) is 0.250. The number of nitrogens with zero attached hydrogens (tertiary/aromatic N) is 1. The maximum Gasteiger partial charge on any atom is 0.254 e. The number of amides is 1. The molecule has 0 radical (unpaired) electrons. The largest absolute Gasteiger partial charge is 0.493 e. The van der Waals surface area contributed by atoms with Gasteiger partial charge in [-0.3, -0.25) is 4.79 Å². The SMILES string of the molecule is COc1cc(C(=O)N(Cc2ccoc2)Cc2cccs2)cc(OC)c1OC. The predicted molar refractivity (Wildman–Crippen MR) is 103 cm³/mol. The summed E-state index contributed by atoms with van der Waals surface area (Å²) in [5.41, 5.74) is 1.39. The summed E-state index contributed by atoms with van der Waals surface area (Å²) in [5.74, 6) is 1.21. The number of furan rings is 1. The summed E-state index contributed by atoms with van der Waals surface area (Å²) in [7, 11) is 4.59. The first-order valence-corrected chi connectivity index (χ1v) is 9.17. The molecular formula is C20H21NO5S. The van der Waals surface area contributed by atoms with Crippen LogP contribution in [-0.2, 0) is 13.1 Å². The van der Waals surface area contributed by atoms with Gasteiger partial charge in [-0.05, 0) is 29.6 Å². The van der Waals surface area contributed by atoms with Crippen molar-refractivity contribution in [3.63, 3.8) is 0 Å². The van der Waals surface area contributed by atoms with Crippen LogP contribution in [0.2, 0.25) is 0 Å². The molecule has 0 atom stereocenters. The fourth-order valence-electron chi connectivity index (χ4n) is 2.78. The molecule has 27 heavy (non-hydrogen) atoms. The Bertz CT molecular complexity index is 813. The summed E-state index contributed by atoms with van der Waals surface area (Å²) < 4.78 is 21.2. The molecule has 3 aromatic rings. The maximum absolute atomic E-state index is 13.3. The third-order valence-electron chi connectivity index (χ3n) is 4.08. The van der Waals surface area contributed by atoms with E-state index in [1.807, 2.05) is 23.6 Å². The van der Waals surface area contributed by atoms with Gasteiger partial charge in [0.25, 0.3) is 5.91 Å². The Morgan fingerprint density at radius 2 is 1.81 bits per heavy atom. The molecule has 0 N–H and O–H groups in total. The summed E-state index contributed by atoms with van der Waals surface area (Å²) in [6.07, 6.45) is 3.24. The maximum atomic E-state index is 13.3. The molecule has 0 aliphatic heterocycles. The van der Waals surface area contributed by atoms with Crippen molar-refractivity contribution in [1.29, 1.82) is 0 Å². The van der Waals surface area contributed by atoms with E-state index in [0.29, 0.717) is 35.9 Å². The van der Waals surface area contributed by atoms with Gasteiger partial charge in [0.05, 0.1) is 40.4 Å². The quantitative estimate of drug-likeness (QED) is 0.579. The van der Waals surface area contributed by atoms with E-state index in [1.165, 1.54) is 21.3 Å². The van der Waals surface area contributed by atoms with Gasteiger partial charge >= 0.3 is 0 Å². The van der Waals surface area contributed by atoms with E-state index in [-0.39, 0.29) is 5.91 Å². The predicted octanol–water partition coefficient (Wildman–Crippen LogP) is 4.21. The van der Waals surface area contributed by atoms with Crippen molar-refractivity contribution in [2.45, 2.75) is 13.1 Å². The van der Waals surface area contributed by atoms with Gasteiger partial charge in [0, 0.05) is 22.5 Å². The summed E-state index contributed by atoms with van der Waals surface area (Å²) in [4.78, 5) is 16.1. The van der Waals surface area contributed by atoms with Crippen LogP contribution in [-0.4, -0.2) is 32.1 Å². The molecule has 0 unspecified atom stereocenters. The highest BCUT2D eigenvalue weighted by Crippen LogP contribution is 2.38. The van der Waals surface area contributed by atoms with E-state index in [2.05, 4.69) is 0 Å². The molecule has 0 fully saturated rings. The van der Waals surface area contributed by atoms with Gasteiger partial charge < -0.3 is 23.5 Å². The zero-order valence-electron chi connectivity index (χ0n) is 15.4. The smallest absolute Gasteiger partial charge is 0.254 e. The van der Waals surface area contributed by atoms with Crippen molar-refractivity contribution >= 4 is 17.2 Å². The molecule has 7 heteroatoms. The van der Waals surface area contributed by atoms with Crippen molar-refractivity contribution in [2.75, 3.05) is 21.3 Å². The van der Waals surface area contributed by atoms with Gasteiger partial charge in [0.2, 0.25) is 5.75 Å². The molecule has 1 aromatic carbocycles. The first-order chi connectivity index (χ1) is 13.2. The van der Waals surface area contributed by atoms with Crippen LogP contribution in [0.5, 0.6) is 17.2 Å². The zero-order valence-corrected chi connectivity index (χ0v) is 16.2. The van der Waals surface area contributed by atoms with Crippen LogP contribution in [0, 0.1) is 0 Å². The molecule has 1 amide bonds. The minimum absolute atomic E-state index is 0.135. The molecule has 6 nitrogen and oxygen atoms in total. The molecule has 0 aliphatic carbocycles. The standard InChI is InChI=1S/C20H21NO5S/c1-23-17-9-15(10-18(24-2)19(17)25-3)20(22)21(11-14-6-7-26-13-14)12-16-5-4-8-27-16/h4-10,13H,11-12H2,1-3H3. The minimum atomic E-state index is -0.135. The number of ether oxygens (including phenoxy) is 3. The lowest BCUT2D eigenvalue weighted by Crippen LogP contribution is -2.29. The summed E-state index contributed by atoms with van der Waals surface area (Å²) in [6.45, 7) is 0.933. The lowest BCUT2D eigenvalue weighted by atomic mass is 10.1. The number of benzene rings is 1. The second-order valence-corrected chi connectivity index (χ2v) is 6.82. The average Bonchev–Trinajstić information content (AvgIpc) is 3.39. The Morgan fingerprint density at radius 3 is 2.33 bits per heavy atom. The van der Waals surface area contributed by atoms with Gasteiger partial charge in [-0.1, -0.05) is 6.07 Å². The minimum Gasteiger partial charge on any atom is -0.493 e. The van der Waals surface area contributed by atoms with Crippen molar-refractivity contribution in [1.82, 2.24) is 4.90 Å². The first kappa shape index (κ1) is 18.8. The molecule has 0 bridgehead atoms. The molecule has 0 saturated carbocycles. The van der Waals surface area contributed by atoms with Crippen molar-refractivity contribution in [3.8, 4) is 17.2 Å². The van der Waals surface area contributed by atoms with E-state index in [0.717, 1.165) is 10.4 Å². The number of carbonyl (C=O) groups is 1. The van der Waals surface area contributed by atoms with Crippen LogP contribution in [0.15, 0.2) is 52.7 Å². The molecule has 2 aromatic heterocycles. The van der Waals surface area contributed by atoms with E-state index in [9.17, 15) is 4.79 Å². The molecular weight excluding hydrogens is 366 g/mol. The molecule has 0 aliphatic rings.